The third kappa shape index (κ3) is 3.67. The number of nitrogens with zero attached hydrogens (tertiary/aromatic N) is 1. The SMILES string of the molecule is C=CCC(=O)N1[C@@H](C=CC(=O)O)CC[C@H]1c1c(F)cc(F)cc1F. The van der Waals surface area contributed by atoms with Crippen molar-refractivity contribution < 1.29 is 27.9 Å². The Morgan fingerprint density at radius 1 is 1.25 bits per heavy atom. The number of rotatable bonds is 5. The molecular formula is C17H16F3NO3. The van der Waals surface area contributed by atoms with E-state index in [9.17, 15) is 22.8 Å². The third-order valence-corrected chi connectivity index (χ3v) is 3.87. The van der Waals surface area contributed by atoms with Gasteiger partial charge in [-0.25, -0.2) is 18.0 Å². The second-order valence-electron chi connectivity index (χ2n) is 5.43. The lowest BCUT2D eigenvalue weighted by Gasteiger charge is -2.29. The molecule has 1 saturated heterocycles. The van der Waals surface area contributed by atoms with Gasteiger partial charge in [-0.2, -0.15) is 0 Å². The van der Waals surface area contributed by atoms with Gasteiger partial charge in [0.15, 0.2) is 0 Å². The van der Waals surface area contributed by atoms with Gasteiger partial charge in [0.05, 0.1) is 12.1 Å². The molecule has 0 radical (unpaired) electrons. The number of halogens is 3. The fraction of sp³-hybridized carbons (Fsp3) is 0.294. The number of aliphatic carboxylic acids is 1. The van der Waals surface area contributed by atoms with Crippen LogP contribution < -0.4 is 0 Å². The first-order valence-electron chi connectivity index (χ1n) is 7.32. The minimum Gasteiger partial charge on any atom is -0.478 e. The largest absolute Gasteiger partial charge is 0.478 e. The molecule has 0 aromatic heterocycles. The topological polar surface area (TPSA) is 57.6 Å². The summed E-state index contributed by atoms with van der Waals surface area (Å²) in [6.45, 7) is 3.46. The third-order valence-electron chi connectivity index (χ3n) is 3.87. The van der Waals surface area contributed by atoms with Gasteiger partial charge in [0.2, 0.25) is 5.91 Å². The van der Waals surface area contributed by atoms with Crippen LogP contribution in [0.1, 0.15) is 30.9 Å². The predicted octanol–water partition coefficient (Wildman–Crippen LogP) is 3.35. The van der Waals surface area contributed by atoms with Crippen LogP contribution in [0, 0.1) is 17.5 Å². The zero-order valence-corrected chi connectivity index (χ0v) is 12.7. The zero-order valence-electron chi connectivity index (χ0n) is 12.7. The Morgan fingerprint density at radius 2 is 1.88 bits per heavy atom. The molecule has 1 aromatic rings. The normalized spacial score (nSPS) is 20.5. The molecular weight excluding hydrogens is 323 g/mol. The molecule has 7 heteroatoms. The highest BCUT2D eigenvalue weighted by molar-refractivity contribution is 5.81. The van der Waals surface area contributed by atoms with Gasteiger partial charge >= 0.3 is 5.97 Å². The Balaban J connectivity index is 2.43. The lowest BCUT2D eigenvalue weighted by molar-refractivity contribution is -0.133. The molecule has 0 aliphatic carbocycles. The second kappa shape index (κ2) is 7.33. The van der Waals surface area contributed by atoms with Crippen LogP contribution in [-0.2, 0) is 9.59 Å². The molecule has 0 spiro atoms. The fourth-order valence-electron chi connectivity index (χ4n) is 2.96. The molecule has 1 amide bonds. The van der Waals surface area contributed by atoms with Crippen LogP contribution in [0.4, 0.5) is 13.2 Å². The Hall–Kier alpha value is -2.57. The minimum atomic E-state index is -1.19. The van der Waals surface area contributed by atoms with Gasteiger partial charge in [0.1, 0.15) is 17.5 Å². The highest BCUT2D eigenvalue weighted by Crippen LogP contribution is 2.39. The summed E-state index contributed by atoms with van der Waals surface area (Å²) >= 11 is 0. The van der Waals surface area contributed by atoms with E-state index in [2.05, 4.69) is 6.58 Å². The second-order valence-corrected chi connectivity index (χ2v) is 5.43. The number of carbonyl (C=O) groups excluding carboxylic acids is 1. The maximum Gasteiger partial charge on any atom is 0.328 e. The molecule has 1 aliphatic heterocycles. The fourth-order valence-corrected chi connectivity index (χ4v) is 2.96. The van der Waals surface area contributed by atoms with E-state index in [0.29, 0.717) is 18.6 Å². The number of hydrogen-bond acceptors (Lipinski definition) is 2. The molecule has 2 rings (SSSR count). The number of likely N-dealkylation sites (tertiary alicyclic amines) is 1. The van der Waals surface area contributed by atoms with Crippen molar-refractivity contribution in [3.63, 3.8) is 0 Å². The average Bonchev–Trinajstić information content (AvgIpc) is 2.88. The van der Waals surface area contributed by atoms with E-state index in [1.54, 1.807) is 0 Å². The molecule has 2 atom stereocenters. The average molecular weight is 339 g/mol. The maximum absolute atomic E-state index is 14.1. The van der Waals surface area contributed by atoms with Crippen LogP contribution in [0.25, 0.3) is 0 Å². The molecule has 1 aliphatic rings. The minimum absolute atomic E-state index is 0.0572. The van der Waals surface area contributed by atoms with Gasteiger partial charge in [-0.05, 0) is 12.8 Å². The van der Waals surface area contributed by atoms with E-state index in [4.69, 9.17) is 5.11 Å². The summed E-state index contributed by atoms with van der Waals surface area (Å²) in [5.41, 5.74) is -0.389. The van der Waals surface area contributed by atoms with Gasteiger partial charge in [-0.1, -0.05) is 12.2 Å². The first-order valence-corrected chi connectivity index (χ1v) is 7.32. The van der Waals surface area contributed by atoms with E-state index < -0.39 is 41.4 Å². The number of benzene rings is 1. The van der Waals surface area contributed by atoms with Crippen LogP contribution >= 0.6 is 0 Å². The number of carboxylic acid groups (broad SMARTS) is 1. The van der Waals surface area contributed by atoms with Crippen molar-refractivity contribution >= 4 is 11.9 Å². The molecule has 0 unspecified atom stereocenters. The number of amides is 1. The molecule has 0 saturated carbocycles. The first kappa shape index (κ1) is 17.8. The van der Waals surface area contributed by atoms with Crippen LogP contribution in [0.2, 0.25) is 0 Å². The summed E-state index contributed by atoms with van der Waals surface area (Å²) in [5.74, 6) is -4.81. The molecule has 1 fully saturated rings. The summed E-state index contributed by atoms with van der Waals surface area (Å²) in [6.07, 6.45) is 4.07. The van der Waals surface area contributed by atoms with E-state index in [1.807, 2.05) is 0 Å². The van der Waals surface area contributed by atoms with Gasteiger partial charge in [-0.15, -0.1) is 6.58 Å². The van der Waals surface area contributed by atoms with Crippen molar-refractivity contribution in [2.45, 2.75) is 31.3 Å². The molecule has 4 nitrogen and oxygen atoms in total. The van der Waals surface area contributed by atoms with Crippen molar-refractivity contribution in [2.75, 3.05) is 0 Å². The van der Waals surface area contributed by atoms with Crippen molar-refractivity contribution in [1.29, 1.82) is 0 Å². The van der Waals surface area contributed by atoms with E-state index in [-0.39, 0.29) is 18.4 Å². The zero-order chi connectivity index (χ0) is 17.9. The van der Waals surface area contributed by atoms with Crippen molar-refractivity contribution in [3.05, 3.63) is 60.0 Å². The Bertz CT molecular complexity index is 679. The smallest absolute Gasteiger partial charge is 0.328 e. The standard InChI is InChI=1S/C17H16F3NO3/c1-2-3-15(22)21-11(5-7-16(23)24)4-6-14(21)17-12(19)8-10(18)9-13(17)20/h2,5,7-9,11,14H,1,3-4,6H2,(H,23,24)/t11-,14+/m1/s1. The molecule has 1 aromatic carbocycles. The first-order chi connectivity index (χ1) is 11.3. The Kier molecular flexibility index (Phi) is 5.43. The van der Waals surface area contributed by atoms with Crippen LogP contribution in [0.5, 0.6) is 0 Å². The molecule has 1 N–H and O–H groups in total. The van der Waals surface area contributed by atoms with Crippen molar-refractivity contribution in [2.24, 2.45) is 0 Å². The summed E-state index contributed by atoms with van der Waals surface area (Å²) in [4.78, 5) is 24.3. The lowest BCUT2D eigenvalue weighted by Crippen LogP contribution is -2.36. The highest BCUT2D eigenvalue weighted by Gasteiger charge is 2.38. The quantitative estimate of drug-likeness (QED) is 0.661. The molecule has 1 heterocycles. The highest BCUT2D eigenvalue weighted by atomic mass is 19.1. The molecule has 0 bridgehead atoms. The van der Waals surface area contributed by atoms with Crippen molar-refractivity contribution in [3.8, 4) is 0 Å². The number of carbonyl (C=O) groups is 2. The monoisotopic (exact) mass is 339 g/mol. The van der Waals surface area contributed by atoms with Crippen molar-refractivity contribution in [1.82, 2.24) is 4.90 Å². The summed E-state index contributed by atoms with van der Waals surface area (Å²) in [5, 5.41) is 8.74. The molecule has 128 valence electrons. The number of hydrogen-bond donors (Lipinski definition) is 1. The van der Waals surface area contributed by atoms with Gasteiger partial charge in [-0.3, -0.25) is 4.79 Å². The van der Waals surface area contributed by atoms with Gasteiger partial charge in [0, 0.05) is 30.2 Å². The lowest BCUT2D eigenvalue weighted by atomic mass is 10.0. The number of carboxylic acids is 1. The van der Waals surface area contributed by atoms with E-state index in [0.717, 1.165) is 6.08 Å². The maximum atomic E-state index is 14.1. The van der Waals surface area contributed by atoms with Gasteiger partial charge in [0.25, 0.3) is 0 Å². The van der Waals surface area contributed by atoms with Crippen LogP contribution in [0.15, 0.2) is 36.9 Å². The predicted molar refractivity (Wildman–Crippen MR) is 80.5 cm³/mol. The van der Waals surface area contributed by atoms with Crippen LogP contribution in [0.3, 0.4) is 0 Å². The Morgan fingerprint density at radius 3 is 2.42 bits per heavy atom. The van der Waals surface area contributed by atoms with E-state index >= 15 is 0 Å². The summed E-state index contributed by atoms with van der Waals surface area (Å²) in [6, 6.07) is -0.409. The summed E-state index contributed by atoms with van der Waals surface area (Å²) < 4.78 is 41.3. The molecule has 24 heavy (non-hydrogen) atoms. The van der Waals surface area contributed by atoms with Gasteiger partial charge < -0.3 is 10.0 Å². The summed E-state index contributed by atoms with van der Waals surface area (Å²) in [7, 11) is 0. The van der Waals surface area contributed by atoms with Crippen LogP contribution in [-0.4, -0.2) is 27.9 Å². The Labute approximate surface area is 136 Å². The van der Waals surface area contributed by atoms with E-state index in [1.165, 1.54) is 17.1 Å².